The first kappa shape index (κ1) is 9.69. The van der Waals surface area contributed by atoms with E-state index in [0.717, 1.165) is 32.6 Å². The number of hydrogen-bond acceptors (Lipinski definition) is 2. The Morgan fingerprint density at radius 2 is 1.46 bits per heavy atom. The highest BCUT2D eigenvalue weighted by atomic mass is 33.1. The Labute approximate surface area is 82.5 Å². The lowest BCUT2D eigenvalue weighted by Crippen LogP contribution is -1.97. The summed E-state index contributed by atoms with van der Waals surface area (Å²) in [7, 11) is 0. The van der Waals surface area contributed by atoms with E-state index in [9.17, 15) is 13.2 Å². The molecule has 1 heterocycles. The monoisotopic (exact) mass is 240 g/mol. The highest BCUT2D eigenvalue weighted by Crippen LogP contribution is 2.80. The first-order valence-electron chi connectivity index (χ1n) is 3.39. The van der Waals surface area contributed by atoms with E-state index in [1.54, 1.807) is 24.3 Å². The van der Waals surface area contributed by atoms with E-state index in [1.165, 1.54) is 0 Å². The third kappa shape index (κ3) is 1.97. The van der Waals surface area contributed by atoms with Crippen LogP contribution in [0.5, 0.6) is 0 Å². The van der Waals surface area contributed by atoms with Crippen molar-refractivity contribution in [1.82, 2.24) is 0 Å². The van der Waals surface area contributed by atoms with Crippen LogP contribution in [-0.4, -0.2) is 5.92 Å². The molecule has 0 nitrogen and oxygen atoms in total. The smallest absolute Gasteiger partial charge is 0.165 e. The molecule has 1 aromatic rings. The van der Waals surface area contributed by atoms with Gasteiger partial charge in [0.2, 0.25) is 0 Å². The molecule has 70 valence electrons. The fourth-order valence-corrected chi connectivity index (χ4v) is 7.26. The van der Waals surface area contributed by atoms with E-state index in [0.29, 0.717) is 0 Å². The molecular formula is C7H4F3PS2. The molecule has 0 bridgehead atoms. The molecule has 0 spiro atoms. The molecule has 0 amide bonds. The zero-order valence-corrected chi connectivity index (χ0v) is 8.73. The SMILES string of the molecule is FC(F)(F)P1Sc2ccccc2S1. The molecule has 2 rings (SSSR count). The van der Waals surface area contributed by atoms with Gasteiger partial charge in [-0.1, -0.05) is 34.9 Å². The number of benzene rings is 1. The molecule has 0 fully saturated rings. The van der Waals surface area contributed by atoms with Gasteiger partial charge in [-0.05, 0) is 12.1 Å². The van der Waals surface area contributed by atoms with Crippen LogP contribution in [0.3, 0.4) is 0 Å². The fraction of sp³-hybridized carbons (Fsp3) is 0.143. The second-order valence-corrected chi connectivity index (χ2v) is 8.60. The molecule has 0 aliphatic carbocycles. The lowest BCUT2D eigenvalue weighted by molar-refractivity contribution is -0.0359. The fourth-order valence-electron chi connectivity index (χ4n) is 0.902. The van der Waals surface area contributed by atoms with Crippen LogP contribution in [0.15, 0.2) is 34.1 Å². The highest BCUT2D eigenvalue weighted by molar-refractivity contribution is 8.89. The predicted octanol–water partition coefficient (Wildman–Crippen LogP) is 4.72. The standard InChI is InChI=1S/C7H4F3PS2/c8-7(9,10)11-12-5-3-1-2-4-6(5)13-11/h1-4H. The summed E-state index contributed by atoms with van der Waals surface area (Å²) in [6.45, 7) is 0. The minimum absolute atomic E-state index is 0.760. The van der Waals surface area contributed by atoms with Crippen LogP contribution in [0, 0.1) is 0 Å². The lowest BCUT2D eigenvalue weighted by Gasteiger charge is -2.10. The number of fused-ring (bicyclic) bond motifs is 1. The Morgan fingerprint density at radius 1 is 1.00 bits per heavy atom. The van der Waals surface area contributed by atoms with Crippen molar-refractivity contribution < 1.29 is 13.2 Å². The van der Waals surface area contributed by atoms with Gasteiger partial charge in [-0.3, -0.25) is 0 Å². The molecule has 0 saturated carbocycles. The molecule has 0 unspecified atom stereocenters. The molecular weight excluding hydrogens is 236 g/mol. The van der Waals surface area contributed by atoms with Gasteiger partial charge in [0.1, 0.15) is 6.33 Å². The Balaban J connectivity index is 2.23. The maximum absolute atomic E-state index is 12.3. The largest absolute Gasteiger partial charge is 0.425 e. The van der Waals surface area contributed by atoms with Crippen molar-refractivity contribution in [3.05, 3.63) is 24.3 Å². The summed E-state index contributed by atoms with van der Waals surface area (Å²) >= 11 is 1.89. The zero-order valence-electron chi connectivity index (χ0n) is 6.21. The number of hydrogen-bond donors (Lipinski definition) is 0. The van der Waals surface area contributed by atoms with Crippen molar-refractivity contribution in [2.45, 2.75) is 15.7 Å². The average molecular weight is 240 g/mol. The van der Waals surface area contributed by atoms with Gasteiger partial charge in [-0.25, -0.2) is 0 Å². The van der Waals surface area contributed by atoms with Crippen molar-refractivity contribution in [1.29, 1.82) is 0 Å². The summed E-state index contributed by atoms with van der Waals surface area (Å²) in [5, 5.41) is 0. The number of halogens is 3. The molecule has 0 aromatic heterocycles. The van der Waals surface area contributed by atoms with Crippen LogP contribution >= 0.6 is 29.1 Å². The molecule has 1 aromatic carbocycles. The van der Waals surface area contributed by atoms with Gasteiger partial charge in [-0.2, -0.15) is 13.2 Å². The molecule has 0 N–H and O–H groups in total. The molecule has 6 heteroatoms. The molecule has 0 saturated heterocycles. The summed E-state index contributed by atoms with van der Waals surface area (Å²) < 4.78 is 36.9. The Bertz CT molecular complexity index is 301. The van der Waals surface area contributed by atoms with Gasteiger partial charge in [0.25, 0.3) is 0 Å². The van der Waals surface area contributed by atoms with Crippen LogP contribution in [0.2, 0.25) is 0 Å². The van der Waals surface area contributed by atoms with Crippen LogP contribution in [0.4, 0.5) is 13.2 Å². The van der Waals surface area contributed by atoms with Gasteiger partial charge in [0.05, 0.1) is 0 Å². The highest BCUT2D eigenvalue weighted by Gasteiger charge is 2.45. The van der Waals surface area contributed by atoms with Crippen LogP contribution in [0.25, 0.3) is 0 Å². The van der Waals surface area contributed by atoms with Crippen LogP contribution in [-0.2, 0) is 0 Å². The summed E-state index contributed by atoms with van der Waals surface area (Å²) in [4.78, 5) is 1.52. The van der Waals surface area contributed by atoms with E-state index < -0.39 is 12.2 Å². The topological polar surface area (TPSA) is 0 Å². The third-order valence-electron chi connectivity index (χ3n) is 1.42. The lowest BCUT2D eigenvalue weighted by atomic mass is 10.4. The normalized spacial score (nSPS) is 17.5. The molecule has 0 atom stereocenters. The van der Waals surface area contributed by atoms with E-state index in [-0.39, 0.29) is 0 Å². The molecule has 1 aliphatic heterocycles. The Morgan fingerprint density at radius 3 is 1.85 bits per heavy atom. The minimum Gasteiger partial charge on any atom is -0.165 e. The minimum atomic E-state index is -4.05. The number of alkyl halides is 3. The van der Waals surface area contributed by atoms with E-state index in [2.05, 4.69) is 0 Å². The summed E-state index contributed by atoms with van der Waals surface area (Å²) in [5.41, 5.74) is 0. The van der Waals surface area contributed by atoms with Crippen molar-refractivity contribution in [2.75, 3.05) is 0 Å². The van der Waals surface area contributed by atoms with Crippen molar-refractivity contribution in [2.24, 2.45) is 0 Å². The van der Waals surface area contributed by atoms with Gasteiger partial charge >= 0.3 is 5.92 Å². The summed E-state index contributed by atoms with van der Waals surface area (Å²) in [6, 6.07) is 7.01. The quantitative estimate of drug-likeness (QED) is 0.602. The van der Waals surface area contributed by atoms with E-state index in [4.69, 9.17) is 0 Å². The average Bonchev–Trinajstić information content (AvgIpc) is 2.45. The van der Waals surface area contributed by atoms with Gasteiger partial charge in [-0.15, -0.1) is 0 Å². The summed E-state index contributed by atoms with van der Waals surface area (Å²) in [5.74, 6) is -4.05. The van der Waals surface area contributed by atoms with Gasteiger partial charge < -0.3 is 0 Å². The molecule has 1 aliphatic rings. The maximum atomic E-state index is 12.3. The van der Waals surface area contributed by atoms with Crippen molar-refractivity contribution in [3.8, 4) is 0 Å². The zero-order chi connectivity index (χ0) is 9.47. The second kappa shape index (κ2) is 3.37. The maximum Gasteiger partial charge on any atom is 0.425 e. The van der Waals surface area contributed by atoms with E-state index >= 15 is 0 Å². The van der Waals surface area contributed by atoms with Gasteiger partial charge in [0, 0.05) is 9.79 Å². The molecule has 13 heavy (non-hydrogen) atoms. The van der Waals surface area contributed by atoms with Gasteiger partial charge in [0.15, 0.2) is 0 Å². The van der Waals surface area contributed by atoms with E-state index in [1.807, 2.05) is 0 Å². The van der Waals surface area contributed by atoms with Crippen molar-refractivity contribution in [3.63, 3.8) is 0 Å². The molecule has 0 radical (unpaired) electrons. The summed E-state index contributed by atoms with van der Waals surface area (Å²) in [6.07, 6.45) is -1.98. The third-order valence-corrected chi connectivity index (χ3v) is 8.16. The first-order valence-corrected chi connectivity index (χ1v) is 7.58. The Hall–Kier alpha value is 0.140. The first-order chi connectivity index (χ1) is 6.07. The van der Waals surface area contributed by atoms with Crippen LogP contribution < -0.4 is 0 Å². The Kier molecular flexibility index (Phi) is 2.51. The second-order valence-electron chi connectivity index (χ2n) is 2.35. The van der Waals surface area contributed by atoms with Crippen LogP contribution in [0.1, 0.15) is 0 Å². The van der Waals surface area contributed by atoms with Crippen molar-refractivity contribution >= 4 is 29.1 Å². The number of rotatable bonds is 0. The predicted molar refractivity (Wildman–Crippen MR) is 51.1 cm³/mol.